The first-order valence-electron chi connectivity index (χ1n) is 31.5. The first kappa shape index (κ1) is 13.6. The molecule has 0 aliphatic carbocycles. The number of rotatable bonds is 4. The van der Waals surface area contributed by atoms with Crippen LogP contribution in [0, 0.1) is 0 Å². The molecule has 260 valence electrons. The van der Waals surface area contributed by atoms with Gasteiger partial charge in [-0.3, -0.25) is 4.57 Å². The van der Waals surface area contributed by atoms with Gasteiger partial charge in [-0.2, -0.15) is 9.97 Å². The highest BCUT2D eigenvalue weighted by Gasteiger charge is 2.21. The van der Waals surface area contributed by atoms with Gasteiger partial charge in [0.1, 0.15) is 0 Å². The van der Waals surface area contributed by atoms with Gasteiger partial charge in [0, 0.05) is 32.7 Å². The van der Waals surface area contributed by atoms with Gasteiger partial charge < -0.3 is 4.57 Å². The summed E-state index contributed by atoms with van der Waals surface area (Å²) in [5.74, 6) is -2.74. The fourth-order valence-corrected chi connectivity index (χ4v) is 6.93. The van der Waals surface area contributed by atoms with E-state index in [9.17, 15) is 12.3 Å². The molecule has 0 saturated heterocycles. The molecule has 5 nitrogen and oxygen atoms in total. The third-order valence-corrected chi connectivity index (χ3v) is 9.24. The number of hydrogen-bond acceptors (Lipinski definition) is 3. The lowest BCUT2D eigenvalue weighted by Crippen LogP contribution is -2.07. The zero-order chi connectivity index (χ0) is 62.9. The van der Waals surface area contributed by atoms with E-state index in [4.69, 9.17) is 28.8 Å². The quantitative estimate of drug-likeness (QED) is 0.169. The molecule has 0 amide bonds. The average molecular weight is 744 g/mol. The molecule has 0 atom stereocenters. The van der Waals surface area contributed by atoms with Crippen molar-refractivity contribution in [1.82, 2.24) is 24.1 Å². The third-order valence-electron chi connectivity index (χ3n) is 9.24. The highest BCUT2D eigenvalue weighted by Crippen LogP contribution is 2.39. The monoisotopic (exact) mass is 743 g/mol. The Morgan fingerprint density at radius 2 is 0.732 bits per heavy atom. The summed E-state index contributed by atoms with van der Waals surface area (Å²) in [5.41, 5.74) is -4.95. The van der Waals surface area contributed by atoms with E-state index in [1.54, 1.807) is 0 Å². The summed E-state index contributed by atoms with van der Waals surface area (Å²) >= 11 is 0. The summed E-state index contributed by atoms with van der Waals surface area (Å²) in [5, 5.41) is -5.04. The molecule has 0 aliphatic heterocycles. The highest BCUT2D eigenvalue weighted by atomic mass is 15.2. The van der Waals surface area contributed by atoms with Crippen LogP contribution in [0.3, 0.4) is 0 Å². The Morgan fingerprint density at radius 1 is 0.339 bits per heavy atom. The minimum atomic E-state index is -1.08. The molecule has 0 spiro atoms. The Bertz CT molecular complexity index is 5150. The van der Waals surface area contributed by atoms with Gasteiger partial charge in [-0.05, 0) is 74.6 Å². The van der Waals surface area contributed by atoms with E-state index >= 15 is 0 Å². The third kappa shape index (κ3) is 4.46. The molecule has 56 heavy (non-hydrogen) atoms. The molecule has 9 aromatic carbocycles. The standard InChI is InChI=1S/C51H31N5/c1-2-17-35-33(15-1)34-16-3-4-18-36(34)43-31-32(29-30-37(35)43)49-52-50(54-51(53-49)56-46-26-12-7-21-40(46)41-22-8-13-27-47(41)56)42-23-9-14-28-48(42)55-44-24-10-5-19-38(44)39-20-6-11-25-45(39)55/h1-31H/i1D,2D,3D,4D,5D,6D,7D,8D,9D,10D,11D,12D,13D,14D,15D,16D,17D,18D,19D,20D,21D,22D,23D,24D,25D,26D,27D,28D,30D,31D. The molecule has 0 bridgehead atoms. The molecule has 0 radical (unpaired) electrons. The summed E-state index contributed by atoms with van der Waals surface area (Å²) in [7, 11) is 0. The second-order valence-corrected chi connectivity index (χ2v) is 12.1. The summed E-state index contributed by atoms with van der Waals surface area (Å²) in [6.07, 6.45) is 0. The normalized spacial score (nSPS) is 19.4. The second kappa shape index (κ2) is 11.9. The summed E-state index contributed by atoms with van der Waals surface area (Å²) in [6, 6.07) is -25.6. The van der Waals surface area contributed by atoms with Crippen LogP contribution in [0.2, 0.25) is 0 Å². The fourth-order valence-electron chi connectivity index (χ4n) is 6.93. The number of benzene rings is 9. The summed E-state index contributed by atoms with van der Waals surface area (Å²) < 4.78 is 273. The molecule has 0 aliphatic rings. The van der Waals surface area contributed by atoms with E-state index < -0.39 is 292 Å². The van der Waals surface area contributed by atoms with Crippen molar-refractivity contribution in [3.8, 4) is 34.4 Å². The minimum Gasteiger partial charge on any atom is -0.309 e. The van der Waals surface area contributed by atoms with Crippen molar-refractivity contribution < 1.29 is 41.1 Å². The van der Waals surface area contributed by atoms with Crippen LogP contribution in [-0.4, -0.2) is 24.1 Å². The fraction of sp³-hybridized carbons (Fsp3) is 0. The Kier molecular flexibility index (Phi) is 2.90. The van der Waals surface area contributed by atoms with E-state index in [1.165, 1.54) is 0 Å². The smallest absolute Gasteiger partial charge is 0.238 e. The molecular formula is C51H31N5. The predicted molar refractivity (Wildman–Crippen MR) is 232 cm³/mol. The van der Waals surface area contributed by atoms with Crippen molar-refractivity contribution in [2.45, 2.75) is 0 Å². The number of para-hydroxylation sites is 5. The molecule has 0 unspecified atom stereocenters. The van der Waals surface area contributed by atoms with Gasteiger partial charge in [-0.15, -0.1) is 0 Å². The van der Waals surface area contributed by atoms with Crippen LogP contribution in [0.1, 0.15) is 41.1 Å². The van der Waals surface area contributed by atoms with Crippen LogP contribution in [0.5, 0.6) is 0 Å². The van der Waals surface area contributed by atoms with E-state index in [2.05, 4.69) is 15.0 Å². The van der Waals surface area contributed by atoms with Crippen LogP contribution in [-0.2, 0) is 0 Å². The van der Waals surface area contributed by atoms with Gasteiger partial charge in [0.2, 0.25) is 5.95 Å². The van der Waals surface area contributed by atoms with E-state index in [1.807, 2.05) is 0 Å². The number of hydrogen-bond donors (Lipinski definition) is 0. The van der Waals surface area contributed by atoms with E-state index in [-0.39, 0.29) is 0 Å². The molecule has 0 fully saturated rings. The Morgan fingerprint density at radius 3 is 1.27 bits per heavy atom. The average Bonchev–Trinajstić information content (AvgIpc) is 1.20. The Labute approximate surface area is 363 Å². The SMILES string of the molecule is [2H]c1c([2H])c([2H])c(-n2c3c([2H])c([2H])c([2H])c([2H])c3c3c([2H])c([2H])c([2H])c([2H])c32)c(-c2nc(-c3cc([2H])c4c(c3[2H])c3c([2H])c([2H])c([2H])c([2H])c3c3c([2H])c([2H])c([2H])c([2H])c43)nc(-n3c4c([2H])c([2H])c([2H])c([2H])c4c4c([2H])c([2H])c([2H])c([2H])c43)n2)c1[2H]. The highest BCUT2D eigenvalue weighted by molar-refractivity contribution is 6.25. The van der Waals surface area contributed by atoms with Crippen LogP contribution >= 0.6 is 0 Å². The van der Waals surface area contributed by atoms with Crippen molar-refractivity contribution in [1.29, 1.82) is 0 Å². The van der Waals surface area contributed by atoms with Crippen LogP contribution in [0.25, 0.3) is 110 Å². The second-order valence-electron chi connectivity index (χ2n) is 12.1. The first-order valence-corrected chi connectivity index (χ1v) is 16.5. The zero-order valence-corrected chi connectivity index (χ0v) is 27.8. The van der Waals surface area contributed by atoms with Crippen molar-refractivity contribution in [3.63, 3.8) is 0 Å². The molecular weight excluding hydrogens is 683 g/mol. The van der Waals surface area contributed by atoms with Crippen molar-refractivity contribution >= 4 is 75.9 Å². The molecule has 0 saturated carbocycles. The maximum atomic E-state index is 10.1. The minimum absolute atomic E-state index is 0.442. The topological polar surface area (TPSA) is 48.5 Å². The van der Waals surface area contributed by atoms with Gasteiger partial charge >= 0.3 is 0 Å². The molecule has 12 aromatic rings. The van der Waals surface area contributed by atoms with E-state index in [0.717, 1.165) is 15.2 Å². The lowest BCUT2D eigenvalue weighted by atomic mass is 9.93. The lowest BCUT2D eigenvalue weighted by molar-refractivity contribution is 0.952. The largest absolute Gasteiger partial charge is 0.309 e. The van der Waals surface area contributed by atoms with Crippen LogP contribution in [0.4, 0.5) is 0 Å². The van der Waals surface area contributed by atoms with Gasteiger partial charge in [-0.1, -0.05) is 145 Å². The Balaban J connectivity index is 1.36. The van der Waals surface area contributed by atoms with E-state index in [0.29, 0.717) is 0 Å². The zero-order valence-electron chi connectivity index (χ0n) is 57.8. The lowest BCUT2D eigenvalue weighted by Gasteiger charge is -2.15. The number of nitrogens with zero attached hydrogens (tertiary/aromatic N) is 5. The van der Waals surface area contributed by atoms with Gasteiger partial charge in [0.25, 0.3) is 0 Å². The molecule has 3 aromatic heterocycles. The maximum absolute atomic E-state index is 10.1. The van der Waals surface area contributed by atoms with Gasteiger partial charge in [-0.25, -0.2) is 4.98 Å². The van der Waals surface area contributed by atoms with Crippen LogP contribution < -0.4 is 0 Å². The molecule has 5 heteroatoms. The van der Waals surface area contributed by atoms with Crippen LogP contribution in [0.15, 0.2) is 187 Å². The summed E-state index contributed by atoms with van der Waals surface area (Å²) in [6.45, 7) is 0. The molecule has 12 rings (SSSR count). The van der Waals surface area contributed by atoms with Crippen molar-refractivity contribution in [3.05, 3.63) is 187 Å². The maximum Gasteiger partial charge on any atom is 0.238 e. The number of aromatic nitrogens is 5. The molecule has 0 N–H and O–H groups in total. The number of fused-ring (bicyclic) bond motifs is 12. The predicted octanol–water partition coefficient (Wildman–Crippen LogP) is 12.9. The Hall–Kier alpha value is -7.63. The summed E-state index contributed by atoms with van der Waals surface area (Å²) in [4.78, 5) is 13.9. The van der Waals surface area contributed by atoms with Gasteiger partial charge in [0.05, 0.1) is 68.9 Å². The van der Waals surface area contributed by atoms with Crippen molar-refractivity contribution in [2.24, 2.45) is 0 Å². The molecule has 3 heterocycles. The van der Waals surface area contributed by atoms with Gasteiger partial charge in [0.15, 0.2) is 11.6 Å². The first-order chi connectivity index (χ1) is 40.3. The van der Waals surface area contributed by atoms with Crippen molar-refractivity contribution in [2.75, 3.05) is 0 Å².